The van der Waals surface area contributed by atoms with Crippen LogP contribution in [-0.2, 0) is 11.3 Å². The normalized spacial score (nSPS) is 12.2. The van der Waals surface area contributed by atoms with Crippen LogP contribution in [0.25, 0.3) is 0 Å². The second-order valence-corrected chi connectivity index (χ2v) is 5.25. The molecule has 0 amide bonds. The van der Waals surface area contributed by atoms with Crippen LogP contribution in [0.5, 0.6) is 11.6 Å². The fraction of sp³-hybridized carbons (Fsp3) is 0.375. The summed E-state index contributed by atoms with van der Waals surface area (Å²) >= 11 is 5.95. The Balaban J connectivity index is 2.14. The zero-order valence-corrected chi connectivity index (χ0v) is 13.2. The highest BCUT2D eigenvalue weighted by atomic mass is 35.5. The van der Waals surface area contributed by atoms with E-state index in [1.54, 1.807) is 13.2 Å². The van der Waals surface area contributed by atoms with E-state index in [-0.39, 0.29) is 0 Å². The maximum atomic E-state index is 5.95. The van der Waals surface area contributed by atoms with Gasteiger partial charge in [0.15, 0.2) is 5.82 Å². The van der Waals surface area contributed by atoms with Crippen molar-refractivity contribution < 1.29 is 9.47 Å². The topological polar surface area (TPSA) is 44.2 Å². The first kappa shape index (κ1) is 15.7. The van der Waals surface area contributed by atoms with Crippen LogP contribution < -0.4 is 4.74 Å². The third-order valence-electron chi connectivity index (χ3n) is 3.28. The second kappa shape index (κ2) is 7.38. The van der Waals surface area contributed by atoms with E-state index in [1.807, 2.05) is 12.1 Å². The SMILES string of the molecule is CCC(C)c1ccc(Oc2cc(Cl)nc(COC)n2)cc1. The molecule has 1 atom stereocenters. The molecule has 1 unspecified atom stereocenters. The number of benzene rings is 1. The van der Waals surface area contributed by atoms with Gasteiger partial charge in [-0.15, -0.1) is 0 Å². The van der Waals surface area contributed by atoms with Crippen LogP contribution in [-0.4, -0.2) is 17.1 Å². The molecule has 1 aromatic carbocycles. The van der Waals surface area contributed by atoms with Gasteiger partial charge in [0.2, 0.25) is 5.88 Å². The van der Waals surface area contributed by atoms with Crippen molar-refractivity contribution in [2.45, 2.75) is 32.8 Å². The van der Waals surface area contributed by atoms with Gasteiger partial charge in [-0.1, -0.05) is 37.6 Å². The van der Waals surface area contributed by atoms with Gasteiger partial charge in [0.05, 0.1) is 0 Å². The number of halogens is 1. The molecule has 0 N–H and O–H groups in total. The van der Waals surface area contributed by atoms with Crippen molar-refractivity contribution in [3.63, 3.8) is 0 Å². The fourth-order valence-corrected chi connectivity index (χ4v) is 2.10. The molecule has 1 heterocycles. The highest BCUT2D eigenvalue weighted by molar-refractivity contribution is 6.29. The number of methoxy groups -OCH3 is 1. The summed E-state index contributed by atoms with van der Waals surface area (Å²) < 4.78 is 10.7. The van der Waals surface area contributed by atoms with Crippen LogP contribution >= 0.6 is 11.6 Å². The minimum absolute atomic E-state index is 0.296. The van der Waals surface area contributed by atoms with E-state index in [0.717, 1.165) is 12.2 Å². The molecular weight excluding hydrogens is 288 g/mol. The lowest BCUT2D eigenvalue weighted by molar-refractivity contribution is 0.177. The first-order chi connectivity index (χ1) is 10.1. The Kier molecular flexibility index (Phi) is 5.53. The molecule has 0 fully saturated rings. The monoisotopic (exact) mass is 306 g/mol. The predicted octanol–water partition coefficient (Wildman–Crippen LogP) is 4.58. The molecule has 2 rings (SSSR count). The van der Waals surface area contributed by atoms with E-state index in [9.17, 15) is 0 Å². The van der Waals surface area contributed by atoms with Gasteiger partial charge in [0.1, 0.15) is 17.5 Å². The molecule has 0 bridgehead atoms. The van der Waals surface area contributed by atoms with Crippen molar-refractivity contribution in [2.24, 2.45) is 0 Å². The lowest BCUT2D eigenvalue weighted by Gasteiger charge is -2.10. The van der Waals surface area contributed by atoms with Crippen LogP contribution in [0.2, 0.25) is 5.15 Å². The Bertz CT molecular complexity index is 587. The van der Waals surface area contributed by atoms with Crippen LogP contribution in [0.15, 0.2) is 30.3 Å². The number of rotatable bonds is 6. The van der Waals surface area contributed by atoms with E-state index >= 15 is 0 Å². The fourth-order valence-electron chi connectivity index (χ4n) is 1.91. The summed E-state index contributed by atoms with van der Waals surface area (Å²) in [6.45, 7) is 4.68. The average Bonchev–Trinajstić information content (AvgIpc) is 2.47. The lowest BCUT2D eigenvalue weighted by atomic mass is 9.99. The number of aromatic nitrogens is 2. The molecule has 4 nitrogen and oxygen atoms in total. The Morgan fingerprint density at radius 1 is 1.19 bits per heavy atom. The summed E-state index contributed by atoms with van der Waals surface area (Å²) in [4.78, 5) is 8.31. The highest BCUT2D eigenvalue weighted by Crippen LogP contribution is 2.25. The number of nitrogens with zero attached hydrogens (tertiary/aromatic N) is 2. The number of hydrogen-bond donors (Lipinski definition) is 0. The van der Waals surface area contributed by atoms with Crippen molar-refractivity contribution in [1.82, 2.24) is 9.97 Å². The predicted molar refractivity (Wildman–Crippen MR) is 83.0 cm³/mol. The number of hydrogen-bond acceptors (Lipinski definition) is 4. The van der Waals surface area contributed by atoms with E-state index in [4.69, 9.17) is 21.1 Å². The van der Waals surface area contributed by atoms with Crippen molar-refractivity contribution in [1.29, 1.82) is 0 Å². The maximum absolute atomic E-state index is 5.95. The summed E-state index contributed by atoms with van der Waals surface area (Å²) in [6.07, 6.45) is 1.11. The third-order valence-corrected chi connectivity index (χ3v) is 3.47. The molecule has 5 heteroatoms. The standard InChI is InChI=1S/C16H19ClN2O2/c1-4-11(2)12-5-7-13(8-6-12)21-16-9-14(17)18-15(19-16)10-20-3/h5-9,11H,4,10H2,1-3H3. The van der Waals surface area contributed by atoms with Crippen LogP contribution in [0, 0.1) is 0 Å². The zero-order valence-electron chi connectivity index (χ0n) is 12.5. The summed E-state index contributed by atoms with van der Waals surface area (Å²) in [5.41, 5.74) is 1.30. The van der Waals surface area contributed by atoms with Gasteiger partial charge in [-0.25, -0.2) is 4.98 Å². The molecule has 0 radical (unpaired) electrons. The van der Waals surface area contributed by atoms with E-state index < -0.39 is 0 Å². The van der Waals surface area contributed by atoms with Gasteiger partial charge in [0.25, 0.3) is 0 Å². The van der Waals surface area contributed by atoms with Crippen LogP contribution in [0.3, 0.4) is 0 Å². The molecule has 21 heavy (non-hydrogen) atoms. The lowest BCUT2D eigenvalue weighted by Crippen LogP contribution is -1.99. The molecular formula is C16H19ClN2O2. The van der Waals surface area contributed by atoms with Gasteiger partial charge in [-0.3, -0.25) is 0 Å². The Hall–Kier alpha value is -1.65. The maximum Gasteiger partial charge on any atom is 0.224 e. The molecule has 0 aliphatic heterocycles. The highest BCUT2D eigenvalue weighted by Gasteiger charge is 2.07. The minimum atomic E-state index is 0.296. The van der Waals surface area contributed by atoms with Crippen molar-refractivity contribution in [2.75, 3.05) is 7.11 Å². The molecule has 2 aromatic rings. The molecule has 112 valence electrons. The second-order valence-electron chi connectivity index (χ2n) is 4.86. The molecule has 0 saturated heterocycles. The van der Waals surface area contributed by atoms with Crippen LogP contribution in [0.1, 0.15) is 37.6 Å². The van der Waals surface area contributed by atoms with Crippen LogP contribution in [0.4, 0.5) is 0 Å². The van der Waals surface area contributed by atoms with Gasteiger partial charge in [-0.2, -0.15) is 4.98 Å². The van der Waals surface area contributed by atoms with Gasteiger partial charge < -0.3 is 9.47 Å². The summed E-state index contributed by atoms with van der Waals surface area (Å²) in [7, 11) is 1.58. The van der Waals surface area contributed by atoms with E-state index in [1.165, 1.54) is 5.56 Å². The van der Waals surface area contributed by atoms with Gasteiger partial charge in [0, 0.05) is 13.2 Å². The van der Waals surface area contributed by atoms with Crippen molar-refractivity contribution in [3.8, 4) is 11.6 Å². The van der Waals surface area contributed by atoms with E-state index in [0.29, 0.717) is 29.4 Å². The third kappa shape index (κ3) is 4.41. The first-order valence-electron chi connectivity index (χ1n) is 6.92. The summed E-state index contributed by atoms with van der Waals surface area (Å²) in [6, 6.07) is 9.61. The van der Waals surface area contributed by atoms with Gasteiger partial charge in [-0.05, 0) is 30.0 Å². The zero-order chi connectivity index (χ0) is 15.2. The summed E-state index contributed by atoms with van der Waals surface area (Å²) in [5.74, 6) is 2.18. The molecule has 0 aliphatic rings. The first-order valence-corrected chi connectivity index (χ1v) is 7.30. The quantitative estimate of drug-likeness (QED) is 0.733. The molecule has 0 aliphatic carbocycles. The largest absolute Gasteiger partial charge is 0.439 e. The minimum Gasteiger partial charge on any atom is -0.439 e. The Labute approximate surface area is 130 Å². The van der Waals surface area contributed by atoms with E-state index in [2.05, 4.69) is 35.9 Å². The van der Waals surface area contributed by atoms with Crippen molar-refractivity contribution >= 4 is 11.6 Å². The summed E-state index contributed by atoms with van der Waals surface area (Å²) in [5, 5.41) is 0.336. The Morgan fingerprint density at radius 2 is 1.90 bits per heavy atom. The smallest absolute Gasteiger partial charge is 0.224 e. The number of ether oxygens (including phenoxy) is 2. The van der Waals surface area contributed by atoms with Crippen molar-refractivity contribution in [3.05, 3.63) is 46.9 Å². The molecule has 1 aromatic heterocycles. The molecule has 0 spiro atoms. The average molecular weight is 307 g/mol. The molecule has 0 saturated carbocycles. The Morgan fingerprint density at radius 3 is 2.52 bits per heavy atom. The van der Waals surface area contributed by atoms with Gasteiger partial charge >= 0.3 is 0 Å².